The zero-order chi connectivity index (χ0) is 13.6. The van der Waals surface area contributed by atoms with Crippen LogP contribution in [0.25, 0.3) is 0 Å². The van der Waals surface area contributed by atoms with Gasteiger partial charge in [0.2, 0.25) is 0 Å². The van der Waals surface area contributed by atoms with Crippen LogP contribution in [0.5, 0.6) is 0 Å². The van der Waals surface area contributed by atoms with Crippen molar-refractivity contribution in [3.63, 3.8) is 0 Å². The molecule has 1 fully saturated rings. The molecule has 2 rings (SSSR count). The van der Waals surface area contributed by atoms with Gasteiger partial charge < -0.3 is 5.11 Å². The van der Waals surface area contributed by atoms with E-state index in [1.54, 1.807) is 12.1 Å². The molecule has 1 saturated carbocycles. The van der Waals surface area contributed by atoms with E-state index in [2.05, 4.69) is 0 Å². The van der Waals surface area contributed by atoms with Gasteiger partial charge in [-0.15, -0.1) is 0 Å². The molecule has 0 saturated heterocycles. The summed E-state index contributed by atoms with van der Waals surface area (Å²) in [5, 5.41) is 9.26. The highest BCUT2D eigenvalue weighted by atomic mass is 19.4. The standard InChI is InChI=1S/C14H17F3O/c1-9(2)13(7-12(13)8-18)10-3-5-11(6-4-10)14(15,16)17/h3-6,9,12,18H,7-8H2,1-2H3. The van der Waals surface area contributed by atoms with E-state index < -0.39 is 11.7 Å². The number of hydrogen-bond donors (Lipinski definition) is 1. The Morgan fingerprint density at radius 1 is 1.28 bits per heavy atom. The number of aliphatic hydroxyl groups is 1. The molecule has 0 heterocycles. The summed E-state index contributed by atoms with van der Waals surface area (Å²) in [6.07, 6.45) is -3.43. The fraction of sp³-hybridized carbons (Fsp3) is 0.571. The fourth-order valence-corrected chi connectivity index (χ4v) is 2.94. The minimum absolute atomic E-state index is 0.0964. The number of rotatable bonds is 3. The molecular formula is C14H17F3O. The summed E-state index contributed by atoms with van der Waals surface area (Å²) in [7, 11) is 0. The maximum Gasteiger partial charge on any atom is 0.416 e. The molecule has 18 heavy (non-hydrogen) atoms. The number of aliphatic hydroxyl groups excluding tert-OH is 1. The molecule has 4 heteroatoms. The van der Waals surface area contributed by atoms with Gasteiger partial charge in [0, 0.05) is 12.0 Å². The Labute approximate surface area is 105 Å². The summed E-state index contributed by atoms with van der Waals surface area (Å²) in [6, 6.07) is 5.37. The largest absolute Gasteiger partial charge is 0.416 e. The lowest BCUT2D eigenvalue weighted by Gasteiger charge is -2.22. The topological polar surface area (TPSA) is 20.2 Å². The van der Waals surface area contributed by atoms with Crippen LogP contribution in [-0.2, 0) is 11.6 Å². The van der Waals surface area contributed by atoms with Crippen molar-refractivity contribution >= 4 is 0 Å². The van der Waals surface area contributed by atoms with Gasteiger partial charge in [-0.25, -0.2) is 0 Å². The van der Waals surface area contributed by atoms with Crippen molar-refractivity contribution < 1.29 is 18.3 Å². The molecule has 1 aromatic rings. The molecule has 1 aliphatic rings. The molecule has 0 aliphatic heterocycles. The van der Waals surface area contributed by atoms with E-state index in [9.17, 15) is 18.3 Å². The monoisotopic (exact) mass is 258 g/mol. The van der Waals surface area contributed by atoms with E-state index in [1.165, 1.54) is 0 Å². The van der Waals surface area contributed by atoms with Crippen LogP contribution in [0.2, 0.25) is 0 Å². The number of benzene rings is 1. The predicted octanol–water partition coefficient (Wildman–Crippen LogP) is 3.61. The molecule has 0 aromatic heterocycles. The maximum atomic E-state index is 12.5. The van der Waals surface area contributed by atoms with E-state index in [4.69, 9.17) is 0 Å². The van der Waals surface area contributed by atoms with Gasteiger partial charge in [-0.05, 0) is 36.0 Å². The first-order valence-electron chi connectivity index (χ1n) is 6.11. The molecule has 0 spiro atoms. The molecule has 2 atom stereocenters. The molecule has 1 aromatic carbocycles. The second-order valence-corrected chi connectivity index (χ2v) is 5.35. The Morgan fingerprint density at radius 3 is 2.17 bits per heavy atom. The van der Waals surface area contributed by atoms with Gasteiger partial charge in [-0.2, -0.15) is 13.2 Å². The minimum Gasteiger partial charge on any atom is -0.396 e. The Bertz CT molecular complexity index is 422. The quantitative estimate of drug-likeness (QED) is 0.878. The van der Waals surface area contributed by atoms with Crippen molar-refractivity contribution in [2.24, 2.45) is 11.8 Å². The second-order valence-electron chi connectivity index (χ2n) is 5.35. The average molecular weight is 258 g/mol. The Hall–Kier alpha value is -1.03. The van der Waals surface area contributed by atoms with E-state index in [1.807, 2.05) is 13.8 Å². The SMILES string of the molecule is CC(C)C1(c2ccc(C(F)(F)F)cc2)CC1CO. The van der Waals surface area contributed by atoms with Crippen molar-refractivity contribution in [1.82, 2.24) is 0 Å². The Kier molecular flexibility index (Phi) is 3.18. The van der Waals surface area contributed by atoms with Gasteiger partial charge in [0.1, 0.15) is 0 Å². The van der Waals surface area contributed by atoms with Crippen LogP contribution in [0, 0.1) is 11.8 Å². The highest BCUT2D eigenvalue weighted by Crippen LogP contribution is 2.58. The molecule has 100 valence electrons. The number of hydrogen-bond acceptors (Lipinski definition) is 1. The van der Waals surface area contributed by atoms with Crippen LogP contribution in [-0.4, -0.2) is 11.7 Å². The smallest absolute Gasteiger partial charge is 0.396 e. The van der Waals surface area contributed by atoms with Crippen molar-refractivity contribution in [2.45, 2.75) is 31.9 Å². The third-order valence-electron chi connectivity index (χ3n) is 4.15. The lowest BCUT2D eigenvalue weighted by atomic mass is 9.82. The molecule has 1 nitrogen and oxygen atoms in total. The van der Waals surface area contributed by atoms with Crippen LogP contribution >= 0.6 is 0 Å². The highest BCUT2D eigenvalue weighted by molar-refractivity contribution is 5.37. The van der Waals surface area contributed by atoms with Crippen molar-refractivity contribution in [2.75, 3.05) is 6.61 Å². The molecule has 0 amide bonds. The molecule has 1 aliphatic carbocycles. The molecule has 0 radical (unpaired) electrons. The Morgan fingerprint density at radius 2 is 1.83 bits per heavy atom. The lowest BCUT2D eigenvalue weighted by molar-refractivity contribution is -0.137. The van der Waals surface area contributed by atoms with Crippen LogP contribution in [0.15, 0.2) is 24.3 Å². The van der Waals surface area contributed by atoms with Gasteiger partial charge in [-0.1, -0.05) is 26.0 Å². The van der Waals surface area contributed by atoms with Gasteiger partial charge >= 0.3 is 6.18 Å². The summed E-state index contributed by atoms with van der Waals surface area (Å²) >= 11 is 0. The van der Waals surface area contributed by atoms with Gasteiger partial charge in [-0.3, -0.25) is 0 Å². The predicted molar refractivity (Wildman–Crippen MR) is 63.2 cm³/mol. The van der Waals surface area contributed by atoms with E-state index in [-0.39, 0.29) is 17.9 Å². The van der Waals surface area contributed by atoms with Crippen LogP contribution < -0.4 is 0 Å². The van der Waals surface area contributed by atoms with Gasteiger partial charge in [0.15, 0.2) is 0 Å². The van der Waals surface area contributed by atoms with E-state index in [0.29, 0.717) is 5.92 Å². The number of halogens is 3. The van der Waals surface area contributed by atoms with Gasteiger partial charge in [0.05, 0.1) is 5.56 Å². The first kappa shape index (κ1) is 13.4. The van der Waals surface area contributed by atoms with E-state index in [0.717, 1.165) is 24.1 Å². The third-order valence-corrected chi connectivity index (χ3v) is 4.15. The van der Waals surface area contributed by atoms with Crippen molar-refractivity contribution in [3.05, 3.63) is 35.4 Å². The summed E-state index contributed by atoms with van der Waals surface area (Å²) in [5.74, 6) is 0.487. The minimum atomic E-state index is -4.29. The van der Waals surface area contributed by atoms with Gasteiger partial charge in [0.25, 0.3) is 0 Å². The van der Waals surface area contributed by atoms with Crippen molar-refractivity contribution in [3.8, 4) is 0 Å². The second kappa shape index (κ2) is 4.26. The normalized spacial score (nSPS) is 27.6. The third kappa shape index (κ3) is 2.03. The van der Waals surface area contributed by atoms with Crippen LogP contribution in [0.4, 0.5) is 13.2 Å². The summed E-state index contributed by atoms with van der Waals surface area (Å²) < 4.78 is 37.5. The highest BCUT2D eigenvalue weighted by Gasteiger charge is 2.56. The van der Waals surface area contributed by atoms with Crippen molar-refractivity contribution in [1.29, 1.82) is 0 Å². The van der Waals surface area contributed by atoms with Crippen LogP contribution in [0.3, 0.4) is 0 Å². The van der Waals surface area contributed by atoms with Crippen LogP contribution in [0.1, 0.15) is 31.4 Å². The first-order chi connectivity index (χ1) is 8.32. The van der Waals surface area contributed by atoms with E-state index >= 15 is 0 Å². The molecule has 2 unspecified atom stereocenters. The number of alkyl halides is 3. The summed E-state index contributed by atoms with van der Waals surface area (Å²) in [4.78, 5) is 0. The first-order valence-corrected chi connectivity index (χ1v) is 6.11. The average Bonchev–Trinajstić information content (AvgIpc) is 3.04. The molecular weight excluding hydrogens is 241 g/mol. The Balaban J connectivity index is 2.30. The lowest BCUT2D eigenvalue weighted by Crippen LogP contribution is -2.19. The zero-order valence-corrected chi connectivity index (χ0v) is 10.5. The molecule has 1 N–H and O–H groups in total. The maximum absolute atomic E-state index is 12.5. The zero-order valence-electron chi connectivity index (χ0n) is 10.5. The summed E-state index contributed by atoms with van der Waals surface area (Å²) in [5.41, 5.74) is 0.148. The fourth-order valence-electron chi connectivity index (χ4n) is 2.94. The molecule has 0 bridgehead atoms. The summed E-state index contributed by atoms with van der Waals surface area (Å²) in [6.45, 7) is 4.19.